The van der Waals surface area contributed by atoms with Crippen molar-refractivity contribution in [2.24, 2.45) is 0 Å². The van der Waals surface area contributed by atoms with Crippen molar-refractivity contribution < 1.29 is 4.42 Å². The molecule has 3 heterocycles. The van der Waals surface area contributed by atoms with E-state index in [4.69, 9.17) is 4.42 Å². The summed E-state index contributed by atoms with van der Waals surface area (Å²) in [5.74, 6) is 0. The molecule has 0 fully saturated rings. The minimum Gasteiger partial charge on any atom is -0.454 e. The van der Waals surface area contributed by atoms with Crippen molar-refractivity contribution in [1.29, 1.82) is 0 Å². The van der Waals surface area contributed by atoms with Gasteiger partial charge in [0.1, 0.15) is 11.3 Å². The molecular weight excluding hydrogens is 286 g/mol. The van der Waals surface area contributed by atoms with Crippen LogP contribution in [0.1, 0.15) is 0 Å². The molecule has 4 heteroatoms. The lowest BCUT2D eigenvalue weighted by Crippen LogP contribution is -1.92. The van der Waals surface area contributed by atoms with Gasteiger partial charge in [-0.05, 0) is 17.5 Å². The molecule has 0 amide bonds. The van der Waals surface area contributed by atoms with Gasteiger partial charge in [-0.1, -0.05) is 42.5 Å². The Hall–Kier alpha value is -3.27. The normalized spacial score (nSPS) is 11.5. The third-order valence-corrected chi connectivity index (χ3v) is 4.09. The molecule has 0 saturated heterocycles. The van der Waals surface area contributed by atoms with Crippen LogP contribution in [0.15, 0.2) is 71.4 Å². The van der Waals surface area contributed by atoms with E-state index in [0.717, 1.165) is 44.1 Å². The van der Waals surface area contributed by atoms with Gasteiger partial charge < -0.3 is 4.42 Å². The van der Waals surface area contributed by atoms with Crippen molar-refractivity contribution in [3.05, 3.63) is 67.0 Å². The molecule has 3 aromatic heterocycles. The molecule has 0 atom stereocenters. The molecule has 5 aromatic rings. The Labute approximate surface area is 131 Å². The minimum absolute atomic E-state index is 0.728. The van der Waals surface area contributed by atoms with E-state index in [1.54, 1.807) is 12.4 Å². The average Bonchev–Trinajstić information content (AvgIpc) is 3.00. The first-order chi connectivity index (χ1) is 11.4. The maximum atomic E-state index is 5.90. The third-order valence-electron chi connectivity index (χ3n) is 4.09. The van der Waals surface area contributed by atoms with Gasteiger partial charge in [0, 0.05) is 17.0 Å². The summed E-state index contributed by atoms with van der Waals surface area (Å²) in [4.78, 5) is 4.57. The highest BCUT2D eigenvalue weighted by molar-refractivity contribution is 6.12. The fourth-order valence-corrected chi connectivity index (χ4v) is 3.06. The lowest BCUT2D eigenvalue weighted by atomic mass is 10.0. The SMILES string of the molecule is c1ccc2c(-c3nncc4oc5ccccc5c34)nccc2c1. The van der Waals surface area contributed by atoms with Gasteiger partial charge in [0.2, 0.25) is 0 Å². The summed E-state index contributed by atoms with van der Waals surface area (Å²) in [5, 5.41) is 12.7. The van der Waals surface area contributed by atoms with Crippen LogP contribution in [-0.2, 0) is 0 Å². The van der Waals surface area contributed by atoms with E-state index in [1.165, 1.54) is 0 Å². The van der Waals surface area contributed by atoms with Gasteiger partial charge in [-0.15, -0.1) is 5.10 Å². The van der Waals surface area contributed by atoms with Crippen LogP contribution in [-0.4, -0.2) is 15.2 Å². The topological polar surface area (TPSA) is 51.8 Å². The number of rotatable bonds is 1. The molecule has 23 heavy (non-hydrogen) atoms. The van der Waals surface area contributed by atoms with E-state index < -0.39 is 0 Å². The Balaban J connectivity index is 1.96. The van der Waals surface area contributed by atoms with E-state index in [-0.39, 0.29) is 0 Å². The van der Waals surface area contributed by atoms with E-state index in [2.05, 4.69) is 27.3 Å². The minimum atomic E-state index is 0.728. The molecule has 0 aliphatic rings. The van der Waals surface area contributed by atoms with Crippen LogP contribution >= 0.6 is 0 Å². The average molecular weight is 297 g/mol. The fraction of sp³-hybridized carbons (Fsp3) is 0. The smallest absolute Gasteiger partial charge is 0.157 e. The maximum absolute atomic E-state index is 5.90. The van der Waals surface area contributed by atoms with Crippen LogP contribution < -0.4 is 0 Å². The standard InChI is InChI=1S/C19H11N3O/c1-2-6-13-12(5-1)9-10-20-18(13)19-17-14-7-3-4-8-15(14)23-16(17)11-21-22-19/h1-11H. The second-order valence-electron chi connectivity index (χ2n) is 5.41. The molecule has 0 aliphatic carbocycles. The lowest BCUT2D eigenvalue weighted by Gasteiger charge is -2.05. The van der Waals surface area contributed by atoms with Crippen LogP contribution in [0.2, 0.25) is 0 Å². The predicted molar refractivity (Wildman–Crippen MR) is 90.0 cm³/mol. The highest BCUT2D eigenvalue weighted by atomic mass is 16.3. The van der Waals surface area contributed by atoms with Crippen LogP contribution in [0.4, 0.5) is 0 Å². The number of benzene rings is 2. The second kappa shape index (κ2) is 4.61. The number of pyridine rings is 1. The zero-order valence-corrected chi connectivity index (χ0v) is 12.1. The molecule has 0 radical (unpaired) electrons. The van der Waals surface area contributed by atoms with Crippen LogP contribution in [0.25, 0.3) is 44.1 Å². The van der Waals surface area contributed by atoms with E-state index in [1.807, 2.05) is 42.5 Å². The lowest BCUT2D eigenvalue weighted by molar-refractivity contribution is 0.665. The number of para-hydroxylation sites is 1. The molecule has 0 unspecified atom stereocenters. The first-order valence-electron chi connectivity index (χ1n) is 7.39. The van der Waals surface area contributed by atoms with E-state index in [9.17, 15) is 0 Å². The van der Waals surface area contributed by atoms with Gasteiger partial charge in [0.05, 0.1) is 17.3 Å². The molecule has 0 saturated carbocycles. The molecule has 108 valence electrons. The monoisotopic (exact) mass is 297 g/mol. The molecular formula is C19H11N3O. The van der Waals surface area contributed by atoms with Gasteiger partial charge in [-0.2, -0.15) is 5.10 Å². The Morgan fingerprint density at radius 3 is 2.52 bits per heavy atom. The Morgan fingerprint density at radius 2 is 1.57 bits per heavy atom. The number of hydrogen-bond donors (Lipinski definition) is 0. The highest BCUT2D eigenvalue weighted by Gasteiger charge is 2.16. The van der Waals surface area contributed by atoms with Gasteiger partial charge >= 0.3 is 0 Å². The van der Waals surface area contributed by atoms with Crippen molar-refractivity contribution in [3.8, 4) is 11.4 Å². The Kier molecular flexibility index (Phi) is 2.46. The van der Waals surface area contributed by atoms with Crippen molar-refractivity contribution >= 4 is 32.7 Å². The first kappa shape index (κ1) is 12.3. The van der Waals surface area contributed by atoms with E-state index >= 15 is 0 Å². The molecule has 0 bridgehead atoms. The summed E-state index contributed by atoms with van der Waals surface area (Å²) >= 11 is 0. The van der Waals surface area contributed by atoms with Crippen LogP contribution in [0, 0.1) is 0 Å². The zero-order valence-electron chi connectivity index (χ0n) is 12.1. The number of hydrogen-bond acceptors (Lipinski definition) is 4. The second-order valence-corrected chi connectivity index (χ2v) is 5.41. The van der Waals surface area contributed by atoms with Crippen molar-refractivity contribution in [3.63, 3.8) is 0 Å². The molecule has 5 rings (SSSR count). The van der Waals surface area contributed by atoms with E-state index in [0.29, 0.717) is 0 Å². The largest absolute Gasteiger partial charge is 0.454 e. The van der Waals surface area contributed by atoms with Gasteiger partial charge in [-0.25, -0.2) is 0 Å². The predicted octanol–water partition coefficient (Wildman–Crippen LogP) is 4.59. The summed E-state index contributed by atoms with van der Waals surface area (Å²) in [5.41, 5.74) is 3.14. The van der Waals surface area contributed by atoms with Crippen molar-refractivity contribution in [2.75, 3.05) is 0 Å². The Morgan fingerprint density at radius 1 is 0.739 bits per heavy atom. The Bertz CT molecular complexity index is 1170. The molecule has 0 N–H and O–H groups in total. The fourth-order valence-electron chi connectivity index (χ4n) is 3.06. The number of aromatic nitrogens is 3. The quantitative estimate of drug-likeness (QED) is 0.454. The third kappa shape index (κ3) is 1.75. The van der Waals surface area contributed by atoms with Gasteiger partial charge in [0.15, 0.2) is 5.58 Å². The number of fused-ring (bicyclic) bond motifs is 4. The first-order valence-corrected chi connectivity index (χ1v) is 7.39. The number of furan rings is 1. The summed E-state index contributed by atoms with van der Waals surface area (Å²) in [6, 6.07) is 18.1. The highest BCUT2D eigenvalue weighted by Crippen LogP contribution is 2.35. The molecule has 2 aromatic carbocycles. The number of nitrogens with zero attached hydrogens (tertiary/aromatic N) is 3. The maximum Gasteiger partial charge on any atom is 0.157 e. The molecule has 0 aliphatic heterocycles. The van der Waals surface area contributed by atoms with Crippen LogP contribution in [0.3, 0.4) is 0 Å². The zero-order chi connectivity index (χ0) is 15.2. The summed E-state index contributed by atoms with van der Waals surface area (Å²) in [7, 11) is 0. The molecule has 0 spiro atoms. The van der Waals surface area contributed by atoms with Gasteiger partial charge in [-0.3, -0.25) is 4.98 Å². The molecule has 4 nitrogen and oxygen atoms in total. The van der Waals surface area contributed by atoms with Gasteiger partial charge in [0.25, 0.3) is 0 Å². The van der Waals surface area contributed by atoms with Crippen molar-refractivity contribution in [2.45, 2.75) is 0 Å². The van der Waals surface area contributed by atoms with Crippen molar-refractivity contribution in [1.82, 2.24) is 15.2 Å². The van der Waals surface area contributed by atoms with Crippen LogP contribution in [0.5, 0.6) is 0 Å². The summed E-state index contributed by atoms with van der Waals surface area (Å²) in [6.07, 6.45) is 3.46. The summed E-state index contributed by atoms with van der Waals surface area (Å²) < 4.78 is 5.90. The summed E-state index contributed by atoms with van der Waals surface area (Å²) in [6.45, 7) is 0.